The molecule has 1 fully saturated rings. The summed E-state index contributed by atoms with van der Waals surface area (Å²) in [5.41, 5.74) is 1.30. The van der Waals surface area contributed by atoms with E-state index in [2.05, 4.69) is 5.32 Å². The van der Waals surface area contributed by atoms with Crippen LogP contribution in [0.25, 0.3) is 0 Å². The van der Waals surface area contributed by atoms with Gasteiger partial charge in [0, 0.05) is 19.6 Å². The fourth-order valence-corrected chi connectivity index (χ4v) is 4.23. The summed E-state index contributed by atoms with van der Waals surface area (Å²) < 4.78 is 31.5. The molecule has 0 unspecified atom stereocenters. The van der Waals surface area contributed by atoms with Crippen molar-refractivity contribution in [2.75, 3.05) is 13.1 Å². The molecule has 1 N–H and O–H groups in total. The quantitative estimate of drug-likeness (QED) is 0.900. The maximum atomic E-state index is 12.6. The van der Waals surface area contributed by atoms with Crippen molar-refractivity contribution in [3.8, 4) is 0 Å². The molecule has 0 bridgehead atoms. The van der Waals surface area contributed by atoms with Gasteiger partial charge in [-0.05, 0) is 36.6 Å². The molecule has 0 atom stereocenters. The number of piperidine rings is 1. The van der Waals surface area contributed by atoms with Crippen molar-refractivity contribution in [2.45, 2.75) is 30.7 Å². The smallest absolute Gasteiger partial charge is 0.254 e. The van der Waals surface area contributed by atoms with E-state index < -0.39 is 10.0 Å². The molecule has 1 amide bonds. The largest absolute Gasteiger partial charge is 0.472 e. The molecule has 1 aliphatic rings. The van der Waals surface area contributed by atoms with E-state index in [4.69, 9.17) is 4.42 Å². The molecule has 0 aliphatic carbocycles. The van der Waals surface area contributed by atoms with E-state index in [0.717, 1.165) is 24.8 Å². The highest BCUT2D eigenvalue weighted by Gasteiger charge is 2.25. The number of nitrogens with one attached hydrogen (secondary N) is 1. The molecule has 0 radical (unpaired) electrons. The van der Waals surface area contributed by atoms with Crippen LogP contribution in [0.5, 0.6) is 0 Å². The SMILES string of the molecule is O=C(NCc1ccc(S(=O)(=O)N2CCCCC2)cc1)c1ccoc1. The van der Waals surface area contributed by atoms with E-state index in [1.54, 1.807) is 34.6 Å². The highest BCUT2D eigenvalue weighted by molar-refractivity contribution is 7.89. The molecule has 3 rings (SSSR count). The predicted molar refractivity (Wildman–Crippen MR) is 88.9 cm³/mol. The molecule has 6 nitrogen and oxygen atoms in total. The van der Waals surface area contributed by atoms with Crippen LogP contribution in [-0.2, 0) is 16.6 Å². The number of carbonyl (C=O) groups is 1. The highest BCUT2D eigenvalue weighted by atomic mass is 32.2. The summed E-state index contributed by atoms with van der Waals surface area (Å²) in [5.74, 6) is -0.228. The van der Waals surface area contributed by atoms with Gasteiger partial charge in [-0.15, -0.1) is 0 Å². The molecule has 1 aliphatic heterocycles. The zero-order chi connectivity index (χ0) is 17.0. The maximum Gasteiger partial charge on any atom is 0.254 e. The van der Waals surface area contributed by atoms with Crippen molar-refractivity contribution in [3.63, 3.8) is 0 Å². The van der Waals surface area contributed by atoms with Crippen LogP contribution in [0.2, 0.25) is 0 Å². The fourth-order valence-electron chi connectivity index (χ4n) is 2.71. The normalized spacial score (nSPS) is 16.0. The zero-order valence-corrected chi connectivity index (χ0v) is 14.1. The van der Waals surface area contributed by atoms with Crippen molar-refractivity contribution in [1.29, 1.82) is 0 Å². The van der Waals surface area contributed by atoms with Gasteiger partial charge in [-0.2, -0.15) is 4.31 Å². The van der Waals surface area contributed by atoms with Gasteiger partial charge in [-0.3, -0.25) is 4.79 Å². The molecular weight excluding hydrogens is 328 g/mol. The lowest BCUT2D eigenvalue weighted by atomic mass is 10.2. The first-order valence-electron chi connectivity index (χ1n) is 7.97. The number of nitrogens with zero attached hydrogens (tertiary/aromatic N) is 1. The second-order valence-corrected chi connectivity index (χ2v) is 7.74. The van der Waals surface area contributed by atoms with Crippen molar-refractivity contribution < 1.29 is 17.6 Å². The number of furan rings is 1. The van der Waals surface area contributed by atoms with Crippen LogP contribution in [0.3, 0.4) is 0 Å². The van der Waals surface area contributed by atoms with Crippen LogP contribution in [0.1, 0.15) is 35.2 Å². The Morgan fingerprint density at radius 2 is 1.79 bits per heavy atom. The molecule has 1 aromatic heterocycles. The summed E-state index contributed by atoms with van der Waals surface area (Å²) in [7, 11) is -3.41. The molecule has 7 heteroatoms. The maximum absolute atomic E-state index is 12.6. The number of amides is 1. The van der Waals surface area contributed by atoms with Crippen LogP contribution in [0.4, 0.5) is 0 Å². The van der Waals surface area contributed by atoms with Crippen LogP contribution in [0, 0.1) is 0 Å². The minimum Gasteiger partial charge on any atom is -0.472 e. The average Bonchev–Trinajstić information content (AvgIpc) is 3.15. The van der Waals surface area contributed by atoms with E-state index in [0.29, 0.717) is 30.1 Å². The highest BCUT2D eigenvalue weighted by Crippen LogP contribution is 2.20. The molecular formula is C17H20N2O4S. The van der Waals surface area contributed by atoms with Gasteiger partial charge in [-0.25, -0.2) is 8.42 Å². The molecule has 0 saturated carbocycles. The number of hydrogen-bond acceptors (Lipinski definition) is 4. The number of rotatable bonds is 5. The molecule has 2 heterocycles. The second-order valence-electron chi connectivity index (χ2n) is 5.80. The van der Waals surface area contributed by atoms with E-state index in [9.17, 15) is 13.2 Å². The summed E-state index contributed by atoms with van der Waals surface area (Å²) in [4.78, 5) is 12.1. The summed E-state index contributed by atoms with van der Waals surface area (Å²) in [6, 6.07) is 8.25. The lowest BCUT2D eigenvalue weighted by Gasteiger charge is -2.25. The monoisotopic (exact) mass is 348 g/mol. The van der Waals surface area contributed by atoms with E-state index in [1.807, 2.05) is 0 Å². The van der Waals surface area contributed by atoms with Crippen LogP contribution in [-0.4, -0.2) is 31.7 Å². The molecule has 1 aromatic carbocycles. The third-order valence-electron chi connectivity index (χ3n) is 4.11. The minimum absolute atomic E-state index is 0.228. The van der Waals surface area contributed by atoms with Crippen molar-refractivity contribution in [3.05, 3.63) is 54.0 Å². The fraction of sp³-hybridized carbons (Fsp3) is 0.353. The summed E-state index contributed by atoms with van der Waals surface area (Å²) >= 11 is 0. The lowest BCUT2D eigenvalue weighted by molar-refractivity contribution is 0.0950. The third kappa shape index (κ3) is 3.68. The molecule has 2 aromatic rings. The van der Waals surface area contributed by atoms with Gasteiger partial charge >= 0.3 is 0 Å². The van der Waals surface area contributed by atoms with Crippen LogP contribution >= 0.6 is 0 Å². The zero-order valence-electron chi connectivity index (χ0n) is 13.3. The third-order valence-corrected chi connectivity index (χ3v) is 6.03. The predicted octanol–water partition coefficient (Wildman–Crippen LogP) is 2.38. The minimum atomic E-state index is -3.41. The van der Waals surface area contributed by atoms with E-state index in [1.165, 1.54) is 12.5 Å². The summed E-state index contributed by atoms with van der Waals surface area (Å²) in [5, 5.41) is 2.76. The summed E-state index contributed by atoms with van der Waals surface area (Å²) in [6.45, 7) is 1.50. The number of carbonyl (C=O) groups excluding carboxylic acids is 1. The van der Waals surface area contributed by atoms with Gasteiger partial charge < -0.3 is 9.73 Å². The van der Waals surface area contributed by atoms with Gasteiger partial charge in [0.25, 0.3) is 5.91 Å². The number of sulfonamides is 1. The number of hydrogen-bond donors (Lipinski definition) is 1. The van der Waals surface area contributed by atoms with Crippen molar-refractivity contribution in [1.82, 2.24) is 9.62 Å². The average molecular weight is 348 g/mol. The Balaban J connectivity index is 1.63. The first-order chi connectivity index (χ1) is 11.6. The topological polar surface area (TPSA) is 79.6 Å². The van der Waals surface area contributed by atoms with Gasteiger partial charge in [0.2, 0.25) is 10.0 Å². The Labute approximate surface area is 141 Å². The molecule has 128 valence electrons. The molecule has 0 spiro atoms. The van der Waals surface area contributed by atoms with Crippen molar-refractivity contribution in [2.24, 2.45) is 0 Å². The molecule has 1 saturated heterocycles. The van der Waals surface area contributed by atoms with Gasteiger partial charge in [0.05, 0.1) is 16.7 Å². The molecule has 24 heavy (non-hydrogen) atoms. The summed E-state index contributed by atoms with van der Waals surface area (Å²) in [6.07, 6.45) is 5.73. The lowest BCUT2D eigenvalue weighted by Crippen LogP contribution is -2.35. The standard InChI is InChI=1S/C17H20N2O4S/c20-17(15-8-11-23-13-15)18-12-14-4-6-16(7-5-14)24(21,22)19-9-2-1-3-10-19/h4-8,11,13H,1-3,9-10,12H2,(H,18,20). The first-order valence-corrected chi connectivity index (χ1v) is 9.41. The van der Waals surface area contributed by atoms with E-state index in [-0.39, 0.29) is 5.91 Å². The van der Waals surface area contributed by atoms with Gasteiger partial charge in [0.15, 0.2) is 0 Å². The van der Waals surface area contributed by atoms with Gasteiger partial charge in [0.1, 0.15) is 6.26 Å². The second kappa shape index (κ2) is 7.19. The van der Waals surface area contributed by atoms with Crippen molar-refractivity contribution >= 4 is 15.9 Å². The Bertz CT molecular complexity index is 777. The Hall–Kier alpha value is -2.12. The van der Waals surface area contributed by atoms with E-state index >= 15 is 0 Å². The Morgan fingerprint density at radius 3 is 2.42 bits per heavy atom. The Morgan fingerprint density at radius 1 is 1.08 bits per heavy atom. The van der Waals surface area contributed by atoms with Crippen LogP contribution in [0.15, 0.2) is 52.2 Å². The van der Waals surface area contributed by atoms with Crippen LogP contribution < -0.4 is 5.32 Å². The Kier molecular flexibility index (Phi) is 5.01. The first kappa shape index (κ1) is 16.7. The number of benzene rings is 1. The van der Waals surface area contributed by atoms with Gasteiger partial charge in [-0.1, -0.05) is 18.6 Å².